The van der Waals surface area contributed by atoms with Crippen LogP contribution in [0.2, 0.25) is 0 Å². The molecule has 1 amide bonds. The molecule has 1 heterocycles. The number of rotatable bonds is 10. The van der Waals surface area contributed by atoms with Crippen LogP contribution in [0.1, 0.15) is 18.5 Å². The molecule has 0 spiro atoms. The van der Waals surface area contributed by atoms with E-state index in [4.69, 9.17) is 9.47 Å². The molecule has 37 heavy (non-hydrogen) atoms. The molecule has 0 radical (unpaired) electrons. The average Bonchev–Trinajstić information content (AvgIpc) is 2.87. The lowest BCUT2D eigenvalue weighted by Gasteiger charge is -2.13. The van der Waals surface area contributed by atoms with Crippen molar-refractivity contribution in [2.45, 2.75) is 29.1 Å². The van der Waals surface area contributed by atoms with Crippen LogP contribution < -0.4 is 14.8 Å². The maximum Gasteiger partial charge on any atom is 0.433 e. The van der Waals surface area contributed by atoms with Gasteiger partial charge in [-0.3, -0.25) is 4.79 Å². The highest BCUT2D eigenvalue weighted by atomic mass is 32.2. The zero-order chi connectivity index (χ0) is 27.2. The Morgan fingerprint density at radius 2 is 1.73 bits per heavy atom. The first-order valence-corrected chi connectivity index (χ1v) is 13.7. The maximum atomic E-state index is 13.6. The van der Waals surface area contributed by atoms with Crippen molar-refractivity contribution in [3.05, 3.63) is 54.2 Å². The van der Waals surface area contributed by atoms with Gasteiger partial charge in [-0.15, -0.1) is 11.8 Å². The number of methoxy groups -OCH3 is 2. The van der Waals surface area contributed by atoms with Gasteiger partial charge in [-0.05, 0) is 49.1 Å². The van der Waals surface area contributed by atoms with Crippen LogP contribution in [-0.2, 0) is 20.8 Å². The topological polar surface area (TPSA) is 107 Å². The maximum absolute atomic E-state index is 13.6. The second-order valence-electron chi connectivity index (χ2n) is 7.66. The molecule has 8 nitrogen and oxygen atoms in total. The van der Waals surface area contributed by atoms with Crippen molar-refractivity contribution in [1.29, 1.82) is 0 Å². The first kappa shape index (κ1) is 28.3. The number of nitrogens with zero attached hydrogens (tertiary/aromatic N) is 2. The van der Waals surface area contributed by atoms with Crippen LogP contribution in [0.15, 0.2) is 58.6 Å². The number of anilines is 1. The number of hydrogen-bond acceptors (Lipinski definition) is 8. The Kier molecular flexibility index (Phi) is 9.02. The molecule has 0 aliphatic carbocycles. The fourth-order valence-corrected chi connectivity index (χ4v) is 5.06. The summed E-state index contributed by atoms with van der Waals surface area (Å²) in [5.74, 6) is -0.474. The van der Waals surface area contributed by atoms with Gasteiger partial charge in [0.05, 0.1) is 31.4 Å². The molecular weight excluding hydrogens is 531 g/mol. The standard InChI is InChI=1S/C24H24F3N3O5S2/c1-34-18-11-10-15(13-19(18)35-2)17-14-21(24(25,26)27)30-23(29-17)37(32,33)12-6-9-22(31)28-16-7-4-5-8-20(16)36-3/h4-5,7-8,10-11,13-14H,6,9,12H2,1-3H3,(H,28,31). The van der Waals surface area contributed by atoms with Crippen LogP contribution >= 0.6 is 11.8 Å². The van der Waals surface area contributed by atoms with E-state index in [9.17, 15) is 26.4 Å². The SMILES string of the molecule is COc1ccc(-c2cc(C(F)(F)F)nc(S(=O)(=O)CCCC(=O)Nc3ccccc3SC)n2)cc1OC. The number of nitrogens with one attached hydrogen (secondary N) is 1. The molecule has 0 atom stereocenters. The third-order valence-electron chi connectivity index (χ3n) is 5.15. The predicted octanol–water partition coefficient (Wildman–Crippen LogP) is 5.09. The van der Waals surface area contributed by atoms with Crippen LogP contribution in [0.4, 0.5) is 18.9 Å². The van der Waals surface area contributed by atoms with E-state index in [-0.39, 0.29) is 29.8 Å². The first-order chi connectivity index (χ1) is 17.5. The summed E-state index contributed by atoms with van der Waals surface area (Å²) in [5.41, 5.74) is -0.900. The monoisotopic (exact) mass is 555 g/mol. The van der Waals surface area contributed by atoms with Crippen molar-refractivity contribution in [1.82, 2.24) is 9.97 Å². The van der Waals surface area contributed by atoms with E-state index in [1.165, 1.54) is 44.2 Å². The molecule has 0 aliphatic rings. The van der Waals surface area contributed by atoms with Crippen LogP contribution in [0.3, 0.4) is 0 Å². The smallest absolute Gasteiger partial charge is 0.433 e. The molecule has 0 fully saturated rings. The number of thioether (sulfide) groups is 1. The van der Waals surface area contributed by atoms with E-state index in [1.807, 2.05) is 18.4 Å². The molecule has 13 heteroatoms. The second-order valence-corrected chi connectivity index (χ2v) is 10.5. The van der Waals surface area contributed by atoms with Crippen molar-refractivity contribution >= 4 is 33.2 Å². The molecule has 3 aromatic rings. The molecule has 0 saturated carbocycles. The third-order valence-corrected chi connectivity index (χ3v) is 7.51. The number of carbonyl (C=O) groups excluding carboxylic acids is 1. The molecule has 0 bridgehead atoms. The average molecular weight is 556 g/mol. The van der Waals surface area contributed by atoms with Crippen LogP contribution in [0, 0.1) is 0 Å². The Morgan fingerprint density at radius 1 is 1.03 bits per heavy atom. The molecule has 1 N–H and O–H groups in total. The van der Waals surface area contributed by atoms with Gasteiger partial charge in [0.25, 0.3) is 0 Å². The number of para-hydroxylation sites is 1. The fourth-order valence-electron chi connectivity index (χ4n) is 3.33. The van der Waals surface area contributed by atoms with Crippen molar-refractivity contribution < 1.29 is 35.9 Å². The molecule has 198 valence electrons. The normalized spacial score (nSPS) is 11.7. The number of amides is 1. The minimum absolute atomic E-state index is 0.138. The van der Waals surface area contributed by atoms with Gasteiger partial charge in [-0.2, -0.15) is 13.2 Å². The van der Waals surface area contributed by atoms with Crippen molar-refractivity contribution in [2.24, 2.45) is 0 Å². The van der Waals surface area contributed by atoms with E-state index in [2.05, 4.69) is 15.3 Å². The van der Waals surface area contributed by atoms with Crippen LogP contribution in [-0.4, -0.2) is 50.5 Å². The summed E-state index contributed by atoms with van der Waals surface area (Å²) in [5, 5.41) is 1.74. The molecular formula is C24H24F3N3O5S2. The number of aromatic nitrogens is 2. The van der Waals surface area contributed by atoms with Gasteiger partial charge in [0.1, 0.15) is 5.69 Å². The lowest BCUT2D eigenvalue weighted by atomic mass is 10.1. The summed E-state index contributed by atoms with van der Waals surface area (Å²) in [4.78, 5) is 20.4. The van der Waals surface area contributed by atoms with Gasteiger partial charge < -0.3 is 14.8 Å². The first-order valence-electron chi connectivity index (χ1n) is 10.8. The number of halogens is 3. The van der Waals surface area contributed by atoms with Gasteiger partial charge in [0, 0.05) is 16.9 Å². The number of alkyl halides is 3. The molecule has 2 aromatic carbocycles. The molecule has 0 saturated heterocycles. The van der Waals surface area contributed by atoms with E-state index < -0.39 is 38.5 Å². The fraction of sp³-hybridized carbons (Fsp3) is 0.292. The summed E-state index contributed by atoms with van der Waals surface area (Å²) in [6, 6.07) is 12.0. The predicted molar refractivity (Wildman–Crippen MR) is 134 cm³/mol. The number of benzene rings is 2. The Labute approximate surface area is 216 Å². The Hall–Kier alpha value is -3.32. The van der Waals surface area contributed by atoms with Crippen molar-refractivity contribution in [2.75, 3.05) is 31.5 Å². The summed E-state index contributed by atoms with van der Waals surface area (Å²) < 4.78 is 76.8. The Balaban J connectivity index is 1.83. The molecule has 0 aliphatic heterocycles. The zero-order valence-electron chi connectivity index (χ0n) is 20.1. The van der Waals surface area contributed by atoms with Crippen molar-refractivity contribution in [3.63, 3.8) is 0 Å². The number of hydrogen-bond donors (Lipinski definition) is 1. The van der Waals surface area contributed by atoms with Crippen LogP contribution in [0.5, 0.6) is 11.5 Å². The second kappa shape index (κ2) is 11.8. The Bertz CT molecular complexity index is 1380. The van der Waals surface area contributed by atoms with Gasteiger partial charge in [-0.25, -0.2) is 18.4 Å². The largest absolute Gasteiger partial charge is 0.493 e. The van der Waals surface area contributed by atoms with E-state index >= 15 is 0 Å². The number of sulfone groups is 1. The highest BCUT2D eigenvalue weighted by Crippen LogP contribution is 2.35. The molecule has 0 unspecified atom stereocenters. The quantitative estimate of drug-likeness (QED) is 0.272. The molecule has 3 rings (SSSR count). The van der Waals surface area contributed by atoms with Gasteiger partial charge in [-0.1, -0.05) is 12.1 Å². The summed E-state index contributed by atoms with van der Waals surface area (Å²) in [6.07, 6.45) is -3.36. The van der Waals surface area contributed by atoms with Gasteiger partial charge >= 0.3 is 6.18 Å². The van der Waals surface area contributed by atoms with E-state index in [0.717, 1.165) is 4.90 Å². The summed E-state index contributed by atoms with van der Waals surface area (Å²) >= 11 is 1.44. The lowest BCUT2D eigenvalue weighted by molar-refractivity contribution is -0.141. The van der Waals surface area contributed by atoms with E-state index in [0.29, 0.717) is 17.5 Å². The summed E-state index contributed by atoms with van der Waals surface area (Å²) in [7, 11) is -1.59. The number of carbonyl (C=O) groups is 1. The minimum Gasteiger partial charge on any atom is -0.493 e. The highest BCUT2D eigenvalue weighted by molar-refractivity contribution is 7.98. The van der Waals surface area contributed by atoms with Gasteiger partial charge in [0.2, 0.25) is 20.9 Å². The van der Waals surface area contributed by atoms with E-state index in [1.54, 1.807) is 12.1 Å². The summed E-state index contributed by atoms with van der Waals surface area (Å²) in [6.45, 7) is 0. The molecule has 1 aromatic heterocycles. The minimum atomic E-state index is -4.91. The van der Waals surface area contributed by atoms with Gasteiger partial charge in [0.15, 0.2) is 11.5 Å². The van der Waals surface area contributed by atoms with Crippen LogP contribution in [0.25, 0.3) is 11.3 Å². The number of ether oxygens (including phenoxy) is 2. The Morgan fingerprint density at radius 3 is 2.38 bits per heavy atom. The third kappa shape index (κ3) is 7.13. The zero-order valence-corrected chi connectivity index (χ0v) is 21.8. The lowest BCUT2D eigenvalue weighted by Crippen LogP contribution is -2.18. The van der Waals surface area contributed by atoms with Crippen molar-refractivity contribution in [3.8, 4) is 22.8 Å². The highest BCUT2D eigenvalue weighted by Gasteiger charge is 2.35.